The quantitative estimate of drug-likeness (QED) is 0.0856. The number of hydrogen-bond acceptors (Lipinski definition) is 15. The summed E-state index contributed by atoms with van der Waals surface area (Å²) in [7, 11) is 1.65. The van der Waals surface area contributed by atoms with Crippen molar-refractivity contribution in [3.05, 3.63) is 72.3 Å². The highest BCUT2D eigenvalue weighted by molar-refractivity contribution is 5.50. The summed E-state index contributed by atoms with van der Waals surface area (Å²) in [5.74, 6) is 1.60. The number of ether oxygens (including phenoxy) is 15. The largest absolute Gasteiger partial charge is 0.491 e. The Balaban J connectivity index is 1.23. The molecule has 336 valence electrons. The molecule has 0 amide bonds. The summed E-state index contributed by atoms with van der Waals surface area (Å²) in [6, 6.07) is 15.6. The summed E-state index contributed by atoms with van der Waals surface area (Å²) in [5, 5.41) is 0. The van der Waals surface area contributed by atoms with Crippen molar-refractivity contribution >= 4 is 12.2 Å². The Morgan fingerprint density at radius 1 is 0.339 bits per heavy atom. The summed E-state index contributed by atoms with van der Waals surface area (Å²) in [6.45, 7) is 17.6. The van der Waals surface area contributed by atoms with E-state index in [-0.39, 0.29) is 0 Å². The predicted molar refractivity (Wildman–Crippen MR) is 225 cm³/mol. The van der Waals surface area contributed by atoms with E-state index in [9.17, 15) is 0 Å². The van der Waals surface area contributed by atoms with Gasteiger partial charge in [0, 0.05) is 7.11 Å². The summed E-state index contributed by atoms with van der Waals surface area (Å²) < 4.78 is 82.3. The first-order valence-corrected chi connectivity index (χ1v) is 20.5. The molecule has 0 aromatic heterocycles. The van der Waals surface area contributed by atoms with Crippen LogP contribution in [0.2, 0.25) is 0 Å². The Morgan fingerprint density at radius 2 is 0.610 bits per heavy atom. The van der Waals surface area contributed by atoms with Gasteiger partial charge in [-0.3, -0.25) is 0 Å². The minimum atomic E-state index is 0.460. The standard InChI is InChI=1S/C44H70O15/c1-3-41-6-10-43(11-7-41)58-39-37-56-35-33-54-31-29-52-26-25-50-22-21-48-18-17-46-14-4-5-42-8-12-44(13-9-42)59-40-38-57-36-34-55-32-30-53-28-27-51-24-23-49-20-19-47-16-15-45-2/h3-13H,1,14-40H2,2H3/b5-4+. The van der Waals surface area contributed by atoms with Crippen molar-refractivity contribution < 1.29 is 71.1 Å². The molecule has 2 aromatic rings. The molecular weight excluding hydrogens is 768 g/mol. The molecule has 0 saturated heterocycles. The molecule has 0 aliphatic rings. The van der Waals surface area contributed by atoms with Gasteiger partial charge >= 0.3 is 0 Å². The van der Waals surface area contributed by atoms with Crippen molar-refractivity contribution in [2.75, 3.05) is 185 Å². The van der Waals surface area contributed by atoms with Gasteiger partial charge in [-0.2, -0.15) is 0 Å². The van der Waals surface area contributed by atoms with E-state index in [4.69, 9.17) is 71.1 Å². The van der Waals surface area contributed by atoms with E-state index in [2.05, 4.69) is 6.58 Å². The number of methoxy groups -OCH3 is 1. The fraction of sp³-hybridized carbons (Fsp3) is 0.636. The SMILES string of the molecule is C=Cc1ccc(OCCOCCOCCOCCOCCOCCOC/C=C/c2ccc(OCCOCCOCCOCCOCCOCCOCCOC)cc2)cc1. The fourth-order valence-corrected chi connectivity index (χ4v) is 4.59. The van der Waals surface area contributed by atoms with E-state index in [0.717, 1.165) is 22.6 Å². The molecule has 0 aliphatic heterocycles. The molecule has 15 nitrogen and oxygen atoms in total. The molecule has 0 bridgehead atoms. The molecule has 0 heterocycles. The van der Waals surface area contributed by atoms with Gasteiger partial charge in [0.25, 0.3) is 0 Å². The minimum absolute atomic E-state index is 0.460. The van der Waals surface area contributed by atoms with Gasteiger partial charge in [0.15, 0.2) is 0 Å². The van der Waals surface area contributed by atoms with Crippen LogP contribution in [0.3, 0.4) is 0 Å². The van der Waals surface area contributed by atoms with Gasteiger partial charge in [0.2, 0.25) is 0 Å². The summed E-state index contributed by atoms with van der Waals surface area (Å²) >= 11 is 0. The molecule has 2 aromatic carbocycles. The lowest BCUT2D eigenvalue weighted by Crippen LogP contribution is -2.15. The third-order valence-corrected chi connectivity index (χ3v) is 7.66. The number of benzene rings is 2. The summed E-state index contributed by atoms with van der Waals surface area (Å²) in [6.07, 6.45) is 5.78. The van der Waals surface area contributed by atoms with Crippen LogP contribution in [0.25, 0.3) is 12.2 Å². The lowest BCUT2D eigenvalue weighted by atomic mass is 10.2. The van der Waals surface area contributed by atoms with Crippen LogP contribution in [-0.2, 0) is 61.6 Å². The maximum Gasteiger partial charge on any atom is 0.119 e. The Labute approximate surface area is 351 Å². The normalized spacial score (nSPS) is 11.5. The Kier molecular flexibility index (Phi) is 36.9. The van der Waals surface area contributed by atoms with Gasteiger partial charge in [-0.05, 0) is 35.4 Å². The van der Waals surface area contributed by atoms with Gasteiger partial charge in [0.1, 0.15) is 24.7 Å². The number of rotatable bonds is 45. The van der Waals surface area contributed by atoms with Crippen LogP contribution in [0.4, 0.5) is 0 Å². The molecule has 2 rings (SSSR count). The predicted octanol–water partition coefficient (Wildman–Crippen LogP) is 4.65. The molecule has 0 N–H and O–H groups in total. The lowest BCUT2D eigenvalue weighted by molar-refractivity contribution is -0.0199. The van der Waals surface area contributed by atoms with Gasteiger partial charge in [-0.1, -0.05) is 49.1 Å². The average Bonchev–Trinajstić information content (AvgIpc) is 3.26. The summed E-state index contributed by atoms with van der Waals surface area (Å²) in [5.41, 5.74) is 2.12. The van der Waals surface area contributed by atoms with E-state index < -0.39 is 0 Å². The van der Waals surface area contributed by atoms with Crippen molar-refractivity contribution in [2.45, 2.75) is 0 Å². The van der Waals surface area contributed by atoms with Crippen LogP contribution < -0.4 is 9.47 Å². The van der Waals surface area contributed by atoms with Gasteiger partial charge in [-0.15, -0.1) is 0 Å². The first-order chi connectivity index (χ1) is 29.3. The molecule has 59 heavy (non-hydrogen) atoms. The Morgan fingerprint density at radius 3 is 0.915 bits per heavy atom. The molecular formula is C44H70O15. The first-order valence-electron chi connectivity index (χ1n) is 20.5. The zero-order valence-corrected chi connectivity index (χ0v) is 35.3. The van der Waals surface area contributed by atoms with Gasteiger partial charge in [-0.25, -0.2) is 0 Å². The third-order valence-electron chi connectivity index (χ3n) is 7.66. The first kappa shape index (κ1) is 52.1. The van der Waals surface area contributed by atoms with Crippen LogP contribution in [0.5, 0.6) is 11.5 Å². The Hall–Kier alpha value is -3.00. The van der Waals surface area contributed by atoms with Crippen molar-refractivity contribution in [1.82, 2.24) is 0 Å². The van der Waals surface area contributed by atoms with Gasteiger partial charge in [0.05, 0.1) is 165 Å². The molecule has 15 heteroatoms. The molecule has 0 saturated carbocycles. The van der Waals surface area contributed by atoms with Crippen molar-refractivity contribution in [3.63, 3.8) is 0 Å². The Bertz CT molecular complexity index is 1200. The molecule has 0 unspecified atom stereocenters. The maximum atomic E-state index is 5.76. The van der Waals surface area contributed by atoms with Crippen LogP contribution in [0, 0.1) is 0 Å². The van der Waals surface area contributed by atoms with Gasteiger partial charge < -0.3 is 71.1 Å². The zero-order valence-electron chi connectivity index (χ0n) is 35.3. The second-order valence-corrected chi connectivity index (χ2v) is 12.2. The van der Waals surface area contributed by atoms with E-state index >= 15 is 0 Å². The third kappa shape index (κ3) is 34.4. The highest BCUT2D eigenvalue weighted by Crippen LogP contribution is 2.14. The van der Waals surface area contributed by atoms with Crippen LogP contribution >= 0.6 is 0 Å². The second-order valence-electron chi connectivity index (χ2n) is 12.2. The summed E-state index contributed by atoms with van der Waals surface area (Å²) in [4.78, 5) is 0. The molecule has 0 spiro atoms. The van der Waals surface area contributed by atoms with Crippen LogP contribution in [-0.4, -0.2) is 185 Å². The molecule has 0 aliphatic carbocycles. The van der Waals surface area contributed by atoms with E-state index in [1.54, 1.807) is 13.2 Å². The average molecular weight is 839 g/mol. The fourth-order valence-electron chi connectivity index (χ4n) is 4.59. The van der Waals surface area contributed by atoms with Crippen LogP contribution in [0.1, 0.15) is 11.1 Å². The molecule has 0 atom stereocenters. The smallest absolute Gasteiger partial charge is 0.119 e. The minimum Gasteiger partial charge on any atom is -0.491 e. The molecule has 0 fully saturated rings. The molecule has 0 radical (unpaired) electrons. The lowest BCUT2D eigenvalue weighted by Gasteiger charge is -2.09. The van der Waals surface area contributed by atoms with E-state index in [0.29, 0.717) is 178 Å². The second kappa shape index (κ2) is 41.7. The maximum absolute atomic E-state index is 5.76. The van der Waals surface area contributed by atoms with Crippen molar-refractivity contribution in [3.8, 4) is 11.5 Å². The highest BCUT2D eigenvalue weighted by atomic mass is 16.6. The van der Waals surface area contributed by atoms with Crippen LogP contribution in [0.15, 0.2) is 61.2 Å². The van der Waals surface area contributed by atoms with Crippen molar-refractivity contribution in [1.29, 1.82) is 0 Å². The monoisotopic (exact) mass is 838 g/mol. The van der Waals surface area contributed by atoms with E-state index in [1.807, 2.05) is 60.7 Å². The topological polar surface area (TPSA) is 138 Å². The van der Waals surface area contributed by atoms with Crippen molar-refractivity contribution in [2.24, 2.45) is 0 Å². The highest BCUT2D eigenvalue weighted by Gasteiger charge is 1.99. The number of hydrogen-bond donors (Lipinski definition) is 0. The zero-order chi connectivity index (χ0) is 41.8. The van der Waals surface area contributed by atoms with E-state index in [1.165, 1.54) is 0 Å².